The summed E-state index contributed by atoms with van der Waals surface area (Å²) in [5.74, 6) is 0. The first-order chi connectivity index (χ1) is 6.05. The van der Waals surface area contributed by atoms with E-state index < -0.39 is 7.60 Å². The Morgan fingerprint density at radius 3 is 2.54 bits per heavy atom. The summed E-state index contributed by atoms with van der Waals surface area (Å²) in [6.07, 6.45) is 0. The zero-order chi connectivity index (χ0) is 9.90. The van der Waals surface area contributed by atoms with Gasteiger partial charge in [0.15, 0.2) is 0 Å². The molecule has 0 saturated heterocycles. The molecular formula is C8H12NO3P. The van der Waals surface area contributed by atoms with Gasteiger partial charge in [0.2, 0.25) is 0 Å². The molecule has 0 aliphatic heterocycles. The van der Waals surface area contributed by atoms with E-state index in [-0.39, 0.29) is 5.30 Å². The van der Waals surface area contributed by atoms with Crippen LogP contribution >= 0.6 is 7.60 Å². The first-order valence-electron chi connectivity index (χ1n) is 3.94. The molecule has 0 aliphatic rings. The van der Waals surface area contributed by atoms with Crippen LogP contribution in [0.1, 0.15) is 6.92 Å². The van der Waals surface area contributed by atoms with Crippen LogP contribution in [0, 0.1) is 0 Å². The molecule has 0 fully saturated rings. The Hall–Kier alpha value is -0.830. The highest BCUT2D eigenvalue weighted by Crippen LogP contribution is 2.36. The van der Waals surface area contributed by atoms with Gasteiger partial charge in [0.25, 0.3) is 0 Å². The fraction of sp³-hybridized carbons (Fsp3) is 0.250. The largest absolute Gasteiger partial charge is 0.385 e. The SMILES string of the molecule is CCNc1ccccc1P(=O)(O)O. The summed E-state index contributed by atoms with van der Waals surface area (Å²) in [4.78, 5) is 17.9. The van der Waals surface area contributed by atoms with Gasteiger partial charge in [0.1, 0.15) is 0 Å². The lowest BCUT2D eigenvalue weighted by atomic mass is 10.3. The van der Waals surface area contributed by atoms with E-state index in [0.717, 1.165) is 0 Å². The van der Waals surface area contributed by atoms with E-state index in [0.29, 0.717) is 12.2 Å². The average molecular weight is 201 g/mol. The lowest BCUT2D eigenvalue weighted by molar-refractivity contribution is 0.387. The Kier molecular flexibility index (Phi) is 3.09. The maximum atomic E-state index is 11.0. The molecular weight excluding hydrogens is 189 g/mol. The zero-order valence-corrected chi connectivity index (χ0v) is 8.16. The first kappa shape index (κ1) is 10.3. The number of hydrogen-bond donors (Lipinski definition) is 3. The van der Waals surface area contributed by atoms with Crippen molar-refractivity contribution in [3.63, 3.8) is 0 Å². The van der Waals surface area contributed by atoms with Gasteiger partial charge >= 0.3 is 7.60 Å². The number of rotatable bonds is 3. The minimum atomic E-state index is -4.15. The van der Waals surface area contributed by atoms with E-state index >= 15 is 0 Å². The van der Waals surface area contributed by atoms with Gasteiger partial charge in [0.05, 0.1) is 5.30 Å². The second-order valence-electron chi connectivity index (χ2n) is 2.59. The summed E-state index contributed by atoms with van der Waals surface area (Å²) in [6, 6.07) is 6.42. The van der Waals surface area contributed by atoms with Crippen LogP contribution in [-0.2, 0) is 4.57 Å². The summed E-state index contributed by atoms with van der Waals surface area (Å²) < 4.78 is 11.0. The smallest absolute Gasteiger partial charge is 0.358 e. The van der Waals surface area contributed by atoms with Gasteiger partial charge in [-0.25, -0.2) is 0 Å². The highest BCUT2D eigenvalue weighted by Gasteiger charge is 2.20. The van der Waals surface area contributed by atoms with Crippen molar-refractivity contribution in [3.8, 4) is 0 Å². The quantitative estimate of drug-likeness (QED) is 0.636. The van der Waals surface area contributed by atoms with Crippen LogP contribution in [-0.4, -0.2) is 16.3 Å². The second-order valence-corrected chi connectivity index (χ2v) is 4.16. The van der Waals surface area contributed by atoms with E-state index in [1.54, 1.807) is 18.2 Å². The van der Waals surface area contributed by atoms with Crippen LogP contribution in [0.4, 0.5) is 5.69 Å². The molecule has 0 spiro atoms. The van der Waals surface area contributed by atoms with Crippen molar-refractivity contribution >= 4 is 18.6 Å². The summed E-state index contributed by atoms with van der Waals surface area (Å²) >= 11 is 0. The highest BCUT2D eigenvalue weighted by atomic mass is 31.2. The van der Waals surface area contributed by atoms with Gasteiger partial charge in [-0.1, -0.05) is 12.1 Å². The third kappa shape index (κ3) is 2.56. The summed E-state index contributed by atoms with van der Waals surface area (Å²) in [5, 5.41) is 2.94. The van der Waals surface area contributed by atoms with Crippen LogP contribution < -0.4 is 10.6 Å². The average Bonchev–Trinajstić information content (AvgIpc) is 2.04. The van der Waals surface area contributed by atoms with Crippen LogP contribution in [0.5, 0.6) is 0 Å². The van der Waals surface area contributed by atoms with E-state index in [2.05, 4.69) is 5.32 Å². The maximum Gasteiger partial charge on any atom is 0.358 e. The second kappa shape index (κ2) is 3.92. The molecule has 0 unspecified atom stereocenters. The molecule has 0 bridgehead atoms. The van der Waals surface area contributed by atoms with Crippen LogP contribution in [0.2, 0.25) is 0 Å². The molecule has 72 valence electrons. The Labute approximate surface area is 76.8 Å². The van der Waals surface area contributed by atoms with Gasteiger partial charge in [-0.3, -0.25) is 4.57 Å². The van der Waals surface area contributed by atoms with Crippen molar-refractivity contribution < 1.29 is 14.4 Å². The molecule has 1 aromatic rings. The standard InChI is InChI=1S/C8H12NO3P/c1-2-9-7-5-3-4-6-8(7)13(10,11)12/h3-6,9H,2H2,1H3,(H2,10,11,12). The summed E-state index contributed by atoms with van der Waals surface area (Å²) in [5.41, 5.74) is 0.498. The van der Waals surface area contributed by atoms with Gasteiger partial charge in [-0.05, 0) is 19.1 Å². The molecule has 3 N–H and O–H groups in total. The molecule has 5 heteroatoms. The molecule has 13 heavy (non-hydrogen) atoms. The van der Waals surface area contributed by atoms with Crippen LogP contribution in [0.3, 0.4) is 0 Å². The zero-order valence-electron chi connectivity index (χ0n) is 7.27. The molecule has 0 heterocycles. The van der Waals surface area contributed by atoms with Crippen molar-refractivity contribution in [2.75, 3.05) is 11.9 Å². The predicted octanol–water partition coefficient (Wildman–Crippen LogP) is 0.921. The Morgan fingerprint density at radius 1 is 1.38 bits per heavy atom. The highest BCUT2D eigenvalue weighted by molar-refractivity contribution is 7.60. The maximum absolute atomic E-state index is 11.0. The van der Waals surface area contributed by atoms with Gasteiger partial charge in [-0.15, -0.1) is 0 Å². The molecule has 0 radical (unpaired) electrons. The number of anilines is 1. The van der Waals surface area contributed by atoms with E-state index in [4.69, 9.17) is 9.79 Å². The van der Waals surface area contributed by atoms with Crippen molar-refractivity contribution in [2.45, 2.75) is 6.92 Å². The lowest BCUT2D eigenvalue weighted by Crippen LogP contribution is -2.11. The minimum absolute atomic E-state index is 0.0526. The molecule has 0 aliphatic carbocycles. The number of benzene rings is 1. The van der Waals surface area contributed by atoms with Gasteiger partial charge in [0, 0.05) is 12.2 Å². The topological polar surface area (TPSA) is 69.6 Å². The first-order valence-corrected chi connectivity index (χ1v) is 5.56. The van der Waals surface area contributed by atoms with Crippen LogP contribution in [0.25, 0.3) is 0 Å². The molecule has 0 atom stereocenters. The molecule has 0 aromatic heterocycles. The lowest BCUT2D eigenvalue weighted by Gasteiger charge is -2.10. The van der Waals surface area contributed by atoms with Crippen LogP contribution in [0.15, 0.2) is 24.3 Å². The fourth-order valence-electron chi connectivity index (χ4n) is 1.07. The summed E-state index contributed by atoms with van der Waals surface area (Å²) in [6.45, 7) is 2.51. The molecule has 4 nitrogen and oxygen atoms in total. The monoisotopic (exact) mass is 201 g/mol. The fourth-order valence-corrected chi connectivity index (χ4v) is 1.82. The van der Waals surface area contributed by atoms with Crippen molar-refractivity contribution in [3.05, 3.63) is 24.3 Å². The summed E-state index contributed by atoms with van der Waals surface area (Å²) in [7, 11) is -4.15. The Bertz CT molecular complexity index is 334. The molecule has 0 saturated carbocycles. The van der Waals surface area contributed by atoms with E-state index in [9.17, 15) is 4.57 Å². The van der Waals surface area contributed by atoms with E-state index in [1.807, 2.05) is 6.92 Å². The number of nitrogens with one attached hydrogen (secondary N) is 1. The normalized spacial score (nSPS) is 11.3. The third-order valence-corrected chi connectivity index (χ3v) is 2.60. The van der Waals surface area contributed by atoms with Crippen molar-refractivity contribution in [1.82, 2.24) is 0 Å². The van der Waals surface area contributed by atoms with E-state index in [1.165, 1.54) is 6.07 Å². The minimum Gasteiger partial charge on any atom is -0.385 e. The molecule has 1 rings (SSSR count). The number of para-hydroxylation sites is 1. The predicted molar refractivity (Wildman–Crippen MR) is 52.3 cm³/mol. The third-order valence-electron chi connectivity index (χ3n) is 1.59. The Morgan fingerprint density at radius 2 is 2.00 bits per heavy atom. The van der Waals surface area contributed by atoms with Crippen molar-refractivity contribution in [1.29, 1.82) is 0 Å². The van der Waals surface area contributed by atoms with Gasteiger partial charge in [-0.2, -0.15) is 0 Å². The Balaban J connectivity index is 3.12. The molecule has 0 amide bonds. The van der Waals surface area contributed by atoms with Crippen molar-refractivity contribution in [2.24, 2.45) is 0 Å². The molecule has 1 aromatic carbocycles. The number of hydrogen-bond acceptors (Lipinski definition) is 2. The van der Waals surface area contributed by atoms with Gasteiger partial charge < -0.3 is 15.1 Å².